The van der Waals surface area contributed by atoms with Gasteiger partial charge in [0.05, 0.1) is 98.1 Å². The summed E-state index contributed by atoms with van der Waals surface area (Å²) < 4.78 is 5.41. The fraction of sp³-hybridized carbons (Fsp3) is 0.900. The first kappa shape index (κ1) is 79.6. The summed E-state index contributed by atoms with van der Waals surface area (Å²) in [6.45, 7) is 14.6. The van der Waals surface area contributed by atoms with Crippen LogP contribution in [0.15, 0.2) is 23.0 Å². The molecule has 0 saturated carbocycles. The van der Waals surface area contributed by atoms with Crippen LogP contribution in [0.5, 0.6) is 0 Å². The summed E-state index contributed by atoms with van der Waals surface area (Å²) in [5, 5.41) is 206. The van der Waals surface area contributed by atoms with Gasteiger partial charge < -0.3 is 112 Å². The number of allylic oxidation sites excluding steroid dienone is 2. The van der Waals surface area contributed by atoms with Crippen molar-refractivity contribution in [1.29, 1.82) is 0 Å². The highest BCUT2D eigenvalue weighted by molar-refractivity contribution is 6.25. The van der Waals surface area contributed by atoms with E-state index in [2.05, 4.69) is 6.92 Å². The van der Waals surface area contributed by atoms with Gasteiger partial charge in [0.2, 0.25) is 0 Å². The Morgan fingerprint density at radius 3 is 1.52 bits per heavy atom. The Morgan fingerprint density at radius 2 is 1.04 bits per heavy atom. The van der Waals surface area contributed by atoms with Gasteiger partial charge in [-0.3, -0.25) is 9.59 Å². The van der Waals surface area contributed by atoms with Crippen molar-refractivity contribution >= 4 is 11.7 Å². The maximum Gasteiger partial charge on any atom is 0.261 e. The molecule has 0 aromatic heterocycles. The van der Waals surface area contributed by atoms with Crippen LogP contribution in [0.25, 0.3) is 0 Å². The van der Waals surface area contributed by atoms with Crippen LogP contribution < -0.4 is 0 Å². The normalized spacial score (nSPS) is 27.7. The molecular formula is C60H113NO23. The van der Waals surface area contributed by atoms with Gasteiger partial charge in [-0.05, 0) is 83.1 Å². The number of amides is 1. The van der Waals surface area contributed by atoms with E-state index in [4.69, 9.17) is 4.74 Å². The monoisotopic (exact) mass is 1220 g/mol. The lowest BCUT2D eigenvalue weighted by Gasteiger charge is -2.47. The van der Waals surface area contributed by atoms with Crippen molar-refractivity contribution in [3.8, 4) is 0 Å². The second kappa shape index (κ2) is 38.9. The summed E-state index contributed by atoms with van der Waals surface area (Å²) in [7, 11) is 1.47. The lowest BCUT2D eigenvalue weighted by molar-refractivity contribution is -0.355. The highest BCUT2D eigenvalue weighted by atomic mass is 16.7. The van der Waals surface area contributed by atoms with Crippen LogP contribution in [-0.4, -0.2) is 254 Å². The number of carbonyl (C=O) groups excluding carboxylic acids is 2. The van der Waals surface area contributed by atoms with Crippen LogP contribution in [0.2, 0.25) is 0 Å². The van der Waals surface area contributed by atoms with Gasteiger partial charge in [0.15, 0.2) is 11.6 Å². The molecule has 2 saturated heterocycles. The zero-order chi connectivity index (χ0) is 64.7. The lowest BCUT2D eigenvalue weighted by atomic mass is 9.80. The van der Waals surface area contributed by atoms with Crippen LogP contribution in [0.1, 0.15) is 178 Å². The second-order valence-corrected chi connectivity index (χ2v) is 25.1. The number of unbranched alkanes of at least 4 members (excludes halogenated alkanes) is 7. The number of aliphatic hydroxyl groups is 20. The molecule has 1 amide bonds. The van der Waals surface area contributed by atoms with E-state index >= 15 is 0 Å². The molecule has 0 spiro atoms. The number of nitrogens with zero attached hydrogens (tertiary/aromatic N) is 1. The molecule has 0 bridgehead atoms. The maximum absolute atomic E-state index is 12.2. The Bertz CT molecular complexity index is 1910. The predicted octanol–water partition coefficient (Wildman–Crippen LogP) is -0.382. The average Bonchev–Trinajstić information content (AvgIpc) is 2.33. The van der Waals surface area contributed by atoms with E-state index in [1.165, 1.54) is 78.7 Å². The number of carbonyl (C=O) groups is 2. The molecule has 0 aromatic rings. The van der Waals surface area contributed by atoms with Crippen LogP contribution in [0, 0.1) is 29.6 Å². The first-order valence-electron chi connectivity index (χ1n) is 30.5. The topological polar surface area (TPSA) is 451 Å². The summed E-state index contributed by atoms with van der Waals surface area (Å²) in [5.74, 6) is -6.46. The molecule has 2 rings (SSSR count). The fourth-order valence-corrected chi connectivity index (χ4v) is 11.1. The van der Waals surface area contributed by atoms with Crippen LogP contribution in [-0.2, 0) is 14.3 Å². The van der Waals surface area contributed by atoms with E-state index in [1.54, 1.807) is 13.0 Å². The molecule has 2 fully saturated rings. The van der Waals surface area contributed by atoms with Crippen molar-refractivity contribution in [2.75, 3.05) is 13.6 Å². The third-order valence-electron chi connectivity index (χ3n) is 16.9. The molecule has 25 atom stereocenters. The number of likely N-dealkylation sites (N-methyl/N-ethyl adjacent to an activating group) is 1. The van der Waals surface area contributed by atoms with Gasteiger partial charge in [0.1, 0.15) is 35.7 Å². The Labute approximate surface area is 497 Å². The SMILES string of the molecule is CC(=C\C(C)CC(C)CC(O)C(O)C(C)C(O)CC(O)C(C)C(O)C(C)C(O)CC(O)CC(O)CC(O)CC(O)C(O)C(C)O)/C(O)=C1/C(=O)CN(C)C1=O.CCCCCCCCCCC(O)C[C@]1(O)OC(CC(O)C(C)O)[C@@H](O)[C@H](O)[C@@H]1O. The summed E-state index contributed by atoms with van der Waals surface area (Å²) in [4.78, 5) is 25.6. The first-order valence-corrected chi connectivity index (χ1v) is 30.5. The molecule has 2 aliphatic rings. The van der Waals surface area contributed by atoms with Crippen molar-refractivity contribution in [3.63, 3.8) is 0 Å². The molecule has 0 aromatic carbocycles. The van der Waals surface area contributed by atoms with Gasteiger partial charge in [-0.15, -0.1) is 0 Å². The largest absolute Gasteiger partial charge is 0.507 e. The van der Waals surface area contributed by atoms with Gasteiger partial charge in [-0.25, -0.2) is 0 Å². The lowest BCUT2D eigenvalue weighted by Crippen LogP contribution is -2.65. The highest BCUT2D eigenvalue weighted by Gasteiger charge is 2.53. The van der Waals surface area contributed by atoms with Crippen molar-refractivity contribution in [2.24, 2.45) is 29.6 Å². The van der Waals surface area contributed by atoms with Crippen molar-refractivity contribution in [1.82, 2.24) is 4.90 Å². The number of Topliss-reactive ketones (excluding diaryl/α,β-unsaturated/α-hetero) is 1. The van der Waals surface area contributed by atoms with Gasteiger partial charge in [0, 0.05) is 44.1 Å². The third-order valence-corrected chi connectivity index (χ3v) is 16.9. The van der Waals surface area contributed by atoms with Gasteiger partial charge in [-0.1, -0.05) is 99.0 Å². The van der Waals surface area contributed by atoms with Crippen molar-refractivity contribution in [3.05, 3.63) is 23.0 Å². The van der Waals surface area contributed by atoms with Crippen molar-refractivity contribution < 1.29 is 116 Å². The van der Waals surface area contributed by atoms with Gasteiger partial charge in [0.25, 0.3) is 5.91 Å². The summed E-state index contributed by atoms with van der Waals surface area (Å²) in [5.41, 5.74) is 0.133. The maximum atomic E-state index is 12.2. The minimum absolute atomic E-state index is 0.0968. The molecule has 2 aliphatic heterocycles. The fourth-order valence-electron chi connectivity index (χ4n) is 11.1. The summed E-state index contributed by atoms with van der Waals surface area (Å²) in [6.07, 6.45) is -15.2. The van der Waals surface area contributed by atoms with E-state index in [9.17, 15) is 112 Å². The number of aliphatic hydroxyl groups excluding tert-OH is 19. The number of ether oxygens (including phenoxy) is 1. The molecular weight excluding hydrogens is 1100 g/mol. The van der Waals surface area contributed by atoms with Crippen LogP contribution >= 0.6 is 0 Å². The number of ketones is 1. The van der Waals surface area contributed by atoms with Crippen LogP contribution in [0.3, 0.4) is 0 Å². The van der Waals surface area contributed by atoms with Gasteiger partial charge >= 0.3 is 0 Å². The van der Waals surface area contributed by atoms with Crippen molar-refractivity contribution in [2.45, 2.75) is 300 Å². The average molecular weight is 1220 g/mol. The van der Waals surface area contributed by atoms with Crippen LogP contribution in [0.4, 0.5) is 0 Å². The standard InChI is InChI=1S/C39H71NO15.C21H42O8/c1-18(10-20(3)35(51)34-33(50)17-40(8)39(34)55)9-19(2)11-31(48)37(53)23(6)30(47)16-29(46)22(5)36(52)21(4)28(45)14-26(43)12-25(42)13-27(44)15-32(49)38(54)24(7)41;1-3-4-5-6-7-8-9-10-11-15(23)13-21(28)20(27)19(26)18(25)17(29-21)12-16(24)14(2)22/h10,18-19,21-32,36-38,41-49,51-54H,9,11-17H2,1-8H3;14-20,22-28H,3-13H2,1-2H3/b20-10+,35-34+;/t;14?,15?,16?,17?,18-,19+,20+,21+/m.1/s1. The zero-order valence-electron chi connectivity index (χ0n) is 51.5. The minimum atomic E-state index is -2.25. The van der Waals surface area contributed by atoms with E-state index < -0.39 is 151 Å². The van der Waals surface area contributed by atoms with E-state index in [1.807, 2.05) is 13.8 Å². The predicted molar refractivity (Wildman–Crippen MR) is 310 cm³/mol. The summed E-state index contributed by atoms with van der Waals surface area (Å²) >= 11 is 0. The molecule has 2 heterocycles. The van der Waals surface area contributed by atoms with Gasteiger partial charge in [-0.2, -0.15) is 0 Å². The molecule has 21 unspecified atom stereocenters. The Hall–Kier alpha value is -2.38. The third kappa shape index (κ3) is 26.8. The number of hydrogen-bond donors (Lipinski definition) is 20. The molecule has 24 heteroatoms. The molecule has 0 aliphatic carbocycles. The quantitative estimate of drug-likeness (QED) is 0.0161. The Balaban J connectivity index is 0.00000102. The molecule has 0 radical (unpaired) electrons. The molecule has 24 nitrogen and oxygen atoms in total. The number of rotatable bonds is 39. The van der Waals surface area contributed by atoms with E-state index in [-0.39, 0.29) is 81.1 Å². The molecule has 84 heavy (non-hydrogen) atoms. The Morgan fingerprint density at radius 1 is 0.571 bits per heavy atom. The highest BCUT2D eigenvalue weighted by Crippen LogP contribution is 2.35. The van der Waals surface area contributed by atoms with E-state index in [0.717, 1.165) is 19.3 Å². The first-order chi connectivity index (χ1) is 38.9. The smallest absolute Gasteiger partial charge is 0.261 e. The molecule has 496 valence electrons. The van der Waals surface area contributed by atoms with E-state index in [0.29, 0.717) is 18.4 Å². The summed E-state index contributed by atoms with van der Waals surface area (Å²) in [6, 6.07) is 0. The number of likely N-dealkylation sites (tertiary alicyclic amines) is 1. The minimum Gasteiger partial charge on any atom is -0.507 e. The number of hydrogen-bond acceptors (Lipinski definition) is 23. The second-order valence-electron chi connectivity index (χ2n) is 25.1. The molecule has 20 N–H and O–H groups in total. The Kier molecular flexibility index (Phi) is 36.9. The zero-order valence-corrected chi connectivity index (χ0v) is 51.5.